The van der Waals surface area contributed by atoms with Gasteiger partial charge in [0.15, 0.2) is 6.61 Å². The topological polar surface area (TPSA) is 111 Å². The number of aromatic nitrogens is 4. The number of carbonyl (C=O) groups excluding carboxylic acids is 2. The molecule has 4 rings (SSSR count). The molecule has 0 radical (unpaired) electrons. The summed E-state index contributed by atoms with van der Waals surface area (Å²) in [5, 5.41) is 12.5. The first-order valence-electron chi connectivity index (χ1n) is 10.8. The Labute approximate surface area is 196 Å². The molecule has 0 unspecified atom stereocenters. The molecule has 0 aliphatic carbocycles. The van der Waals surface area contributed by atoms with Crippen LogP contribution >= 0.6 is 0 Å². The molecule has 0 fully saturated rings. The fourth-order valence-electron chi connectivity index (χ4n) is 3.25. The summed E-state index contributed by atoms with van der Waals surface area (Å²) in [5.41, 5.74) is 7.97. The number of nitrogens with one attached hydrogen (secondary N) is 2. The van der Waals surface area contributed by atoms with Crippen LogP contribution in [0.25, 0.3) is 11.4 Å². The lowest BCUT2D eigenvalue weighted by Gasteiger charge is -2.11. The van der Waals surface area contributed by atoms with Gasteiger partial charge < -0.3 is 4.74 Å². The molecular formula is C25H24N6O3. The Balaban J connectivity index is 1.26. The van der Waals surface area contributed by atoms with Gasteiger partial charge in [0.1, 0.15) is 5.75 Å². The zero-order valence-corrected chi connectivity index (χ0v) is 18.6. The summed E-state index contributed by atoms with van der Waals surface area (Å²) >= 11 is 0. The monoisotopic (exact) mass is 456 g/mol. The van der Waals surface area contributed by atoms with E-state index in [1.54, 1.807) is 24.3 Å². The van der Waals surface area contributed by atoms with E-state index in [0.717, 1.165) is 23.1 Å². The molecule has 4 aromatic rings. The number of hydrogen-bond donors (Lipinski definition) is 2. The van der Waals surface area contributed by atoms with Crippen LogP contribution in [0.5, 0.6) is 5.75 Å². The van der Waals surface area contributed by atoms with Crippen molar-refractivity contribution in [2.24, 2.45) is 0 Å². The highest BCUT2D eigenvalue weighted by Gasteiger charge is 2.10. The van der Waals surface area contributed by atoms with E-state index >= 15 is 0 Å². The zero-order valence-electron chi connectivity index (χ0n) is 18.6. The van der Waals surface area contributed by atoms with Crippen molar-refractivity contribution in [2.75, 3.05) is 6.61 Å². The lowest BCUT2D eigenvalue weighted by molar-refractivity contribution is -0.123. The number of rotatable bonds is 8. The number of ether oxygens (including phenoxy) is 1. The second-order valence-corrected chi connectivity index (χ2v) is 7.46. The van der Waals surface area contributed by atoms with E-state index in [1.165, 1.54) is 4.80 Å². The number of hydrazine groups is 1. The molecule has 172 valence electrons. The predicted octanol–water partition coefficient (Wildman–Crippen LogP) is 2.79. The maximum atomic E-state index is 12.3. The van der Waals surface area contributed by atoms with Gasteiger partial charge in [-0.2, -0.15) is 4.80 Å². The van der Waals surface area contributed by atoms with Gasteiger partial charge in [0.05, 0.1) is 6.54 Å². The lowest BCUT2D eigenvalue weighted by Crippen LogP contribution is -2.43. The van der Waals surface area contributed by atoms with Crippen molar-refractivity contribution in [3.05, 3.63) is 95.6 Å². The van der Waals surface area contributed by atoms with E-state index in [4.69, 9.17) is 4.74 Å². The minimum absolute atomic E-state index is 0.202. The van der Waals surface area contributed by atoms with E-state index in [9.17, 15) is 9.59 Å². The van der Waals surface area contributed by atoms with E-state index in [0.29, 0.717) is 23.7 Å². The van der Waals surface area contributed by atoms with Crippen molar-refractivity contribution in [1.29, 1.82) is 0 Å². The van der Waals surface area contributed by atoms with Crippen LogP contribution in [-0.4, -0.2) is 38.6 Å². The van der Waals surface area contributed by atoms with Crippen molar-refractivity contribution in [3.63, 3.8) is 0 Å². The van der Waals surface area contributed by atoms with E-state index in [-0.39, 0.29) is 6.61 Å². The molecular weight excluding hydrogens is 432 g/mol. The minimum Gasteiger partial charge on any atom is -0.483 e. The summed E-state index contributed by atoms with van der Waals surface area (Å²) in [6.45, 7) is 2.22. The largest absolute Gasteiger partial charge is 0.483 e. The number of para-hydroxylation sites is 1. The molecule has 0 atom stereocenters. The number of benzene rings is 3. The molecule has 0 spiro atoms. The first-order valence-corrected chi connectivity index (χ1v) is 10.8. The van der Waals surface area contributed by atoms with Crippen LogP contribution in [0.4, 0.5) is 0 Å². The summed E-state index contributed by atoms with van der Waals surface area (Å²) in [6.07, 6.45) is 0.797. The van der Waals surface area contributed by atoms with Gasteiger partial charge in [-0.3, -0.25) is 20.4 Å². The van der Waals surface area contributed by atoms with E-state index in [1.807, 2.05) is 61.5 Å². The number of carbonyl (C=O) groups is 2. The van der Waals surface area contributed by atoms with Crippen LogP contribution in [0.1, 0.15) is 28.4 Å². The van der Waals surface area contributed by atoms with Crippen LogP contribution in [-0.2, 0) is 17.8 Å². The fourth-order valence-corrected chi connectivity index (χ4v) is 3.25. The third-order valence-corrected chi connectivity index (χ3v) is 5.05. The van der Waals surface area contributed by atoms with Gasteiger partial charge in [0.2, 0.25) is 5.82 Å². The summed E-state index contributed by atoms with van der Waals surface area (Å²) in [5.74, 6) is 0.316. The molecule has 0 saturated heterocycles. The zero-order chi connectivity index (χ0) is 23.8. The molecule has 0 aliphatic rings. The van der Waals surface area contributed by atoms with Crippen LogP contribution in [0.3, 0.4) is 0 Å². The van der Waals surface area contributed by atoms with Crippen LogP contribution < -0.4 is 15.6 Å². The molecule has 3 aromatic carbocycles. The molecule has 2 amide bonds. The van der Waals surface area contributed by atoms with Gasteiger partial charge in [-0.25, -0.2) is 0 Å². The molecule has 0 saturated carbocycles. The number of amides is 2. The first kappa shape index (κ1) is 22.7. The summed E-state index contributed by atoms with van der Waals surface area (Å²) in [4.78, 5) is 25.9. The summed E-state index contributed by atoms with van der Waals surface area (Å²) in [7, 11) is 0. The van der Waals surface area contributed by atoms with Gasteiger partial charge >= 0.3 is 0 Å². The maximum Gasteiger partial charge on any atom is 0.276 e. The molecule has 1 aromatic heterocycles. The van der Waals surface area contributed by atoms with Crippen molar-refractivity contribution in [2.45, 2.75) is 19.9 Å². The molecule has 2 N–H and O–H groups in total. The Kier molecular flexibility index (Phi) is 7.24. The number of tetrazole rings is 1. The SMILES string of the molecule is CCc1ccccc1OCC(=O)NNC(=O)c1ccc(Cn2nnc(-c3ccccc3)n2)cc1. The molecule has 1 heterocycles. The smallest absolute Gasteiger partial charge is 0.276 e. The second-order valence-electron chi connectivity index (χ2n) is 7.46. The second kappa shape index (κ2) is 10.9. The van der Waals surface area contributed by atoms with Gasteiger partial charge in [-0.15, -0.1) is 10.2 Å². The van der Waals surface area contributed by atoms with Gasteiger partial charge in [0.25, 0.3) is 11.8 Å². The van der Waals surface area contributed by atoms with Crippen molar-refractivity contribution < 1.29 is 14.3 Å². The molecule has 34 heavy (non-hydrogen) atoms. The third-order valence-electron chi connectivity index (χ3n) is 5.05. The maximum absolute atomic E-state index is 12.3. The van der Waals surface area contributed by atoms with Crippen molar-refractivity contribution >= 4 is 11.8 Å². The third kappa shape index (κ3) is 5.83. The van der Waals surface area contributed by atoms with Crippen LogP contribution in [0, 0.1) is 0 Å². The molecule has 0 bridgehead atoms. The quantitative estimate of drug-likeness (QED) is 0.395. The van der Waals surface area contributed by atoms with Crippen molar-refractivity contribution in [3.8, 4) is 17.1 Å². The lowest BCUT2D eigenvalue weighted by atomic mass is 10.1. The number of aryl methyl sites for hydroxylation is 1. The fraction of sp³-hybridized carbons (Fsp3) is 0.160. The van der Waals surface area contributed by atoms with Gasteiger partial charge in [0, 0.05) is 11.1 Å². The standard InChI is InChI=1S/C25H24N6O3/c1-2-19-8-6-7-11-22(19)34-17-23(32)26-28-25(33)21-14-12-18(13-15-21)16-31-29-24(27-30-31)20-9-4-3-5-10-20/h3-15H,2,16-17H2,1H3,(H,26,32)(H,28,33). The van der Waals surface area contributed by atoms with Crippen LogP contribution in [0.2, 0.25) is 0 Å². The Bertz CT molecular complexity index is 1260. The highest BCUT2D eigenvalue weighted by molar-refractivity contribution is 5.95. The Morgan fingerprint density at radius 1 is 0.912 bits per heavy atom. The van der Waals surface area contributed by atoms with E-state index in [2.05, 4.69) is 26.3 Å². The molecule has 0 aliphatic heterocycles. The predicted molar refractivity (Wildman–Crippen MR) is 126 cm³/mol. The summed E-state index contributed by atoms with van der Waals surface area (Å²) in [6, 6.07) is 24.1. The Morgan fingerprint density at radius 3 is 2.41 bits per heavy atom. The minimum atomic E-state index is -0.456. The highest BCUT2D eigenvalue weighted by atomic mass is 16.5. The van der Waals surface area contributed by atoms with Gasteiger partial charge in [-0.1, -0.05) is 67.6 Å². The van der Waals surface area contributed by atoms with Gasteiger partial charge in [-0.05, 0) is 41.0 Å². The molecule has 9 nitrogen and oxygen atoms in total. The first-order chi connectivity index (χ1) is 16.6. The van der Waals surface area contributed by atoms with Crippen molar-refractivity contribution in [1.82, 2.24) is 31.1 Å². The number of hydrogen-bond acceptors (Lipinski definition) is 6. The average Bonchev–Trinajstić information content (AvgIpc) is 3.35. The van der Waals surface area contributed by atoms with Crippen LogP contribution in [0.15, 0.2) is 78.9 Å². The normalized spacial score (nSPS) is 10.5. The number of nitrogens with zero attached hydrogens (tertiary/aromatic N) is 4. The Hall–Kier alpha value is -4.53. The molecule has 9 heteroatoms. The average molecular weight is 457 g/mol. The highest BCUT2D eigenvalue weighted by Crippen LogP contribution is 2.18. The Morgan fingerprint density at radius 2 is 1.65 bits per heavy atom. The summed E-state index contributed by atoms with van der Waals surface area (Å²) < 4.78 is 5.55. The van der Waals surface area contributed by atoms with E-state index < -0.39 is 11.8 Å².